The van der Waals surface area contributed by atoms with E-state index in [0.717, 1.165) is 19.3 Å². The second kappa shape index (κ2) is 7.25. The van der Waals surface area contributed by atoms with Crippen LogP contribution in [0.4, 0.5) is 0 Å². The molecule has 2 aromatic carbocycles. The standard InChI is InChI=1S/C19H25N/c1-3-6-16-9-5-10-18(14-16)19(20)12-11-17-8-4-7-15(2)13-17/h4-5,7-10,13-14,19H,3,6,11-12,20H2,1-2H3. The first-order valence-electron chi connectivity index (χ1n) is 7.59. The molecule has 1 nitrogen and oxygen atoms in total. The molecular formula is C19H25N. The molecule has 0 fully saturated rings. The Morgan fingerprint density at radius 3 is 2.35 bits per heavy atom. The fourth-order valence-corrected chi connectivity index (χ4v) is 2.62. The van der Waals surface area contributed by atoms with Gasteiger partial charge in [0, 0.05) is 6.04 Å². The molecule has 106 valence electrons. The molecule has 0 amide bonds. The number of hydrogen-bond acceptors (Lipinski definition) is 1. The van der Waals surface area contributed by atoms with Crippen LogP contribution < -0.4 is 5.73 Å². The molecule has 0 radical (unpaired) electrons. The van der Waals surface area contributed by atoms with Crippen LogP contribution in [0, 0.1) is 6.92 Å². The first kappa shape index (κ1) is 14.8. The molecule has 0 aliphatic carbocycles. The fraction of sp³-hybridized carbons (Fsp3) is 0.368. The van der Waals surface area contributed by atoms with Crippen LogP contribution in [0.1, 0.15) is 48.1 Å². The van der Waals surface area contributed by atoms with Gasteiger partial charge in [-0.15, -0.1) is 0 Å². The SMILES string of the molecule is CCCc1cccc(C(N)CCc2cccc(C)c2)c1. The van der Waals surface area contributed by atoms with Crippen LogP contribution in [0.5, 0.6) is 0 Å². The highest BCUT2D eigenvalue weighted by molar-refractivity contribution is 5.27. The van der Waals surface area contributed by atoms with Gasteiger partial charge in [-0.05, 0) is 42.9 Å². The molecule has 0 aliphatic rings. The van der Waals surface area contributed by atoms with E-state index >= 15 is 0 Å². The predicted octanol–water partition coefficient (Wildman–Crippen LogP) is 4.58. The Kier molecular flexibility index (Phi) is 5.37. The van der Waals surface area contributed by atoms with Gasteiger partial charge in [0.05, 0.1) is 0 Å². The van der Waals surface area contributed by atoms with E-state index in [2.05, 4.69) is 62.4 Å². The highest BCUT2D eigenvalue weighted by Gasteiger charge is 2.07. The minimum absolute atomic E-state index is 0.132. The third-order valence-electron chi connectivity index (χ3n) is 3.74. The van der Waals surface area contributed by atoms with Gasteiger partial charge in [-0.1, -0.05) is 67.4 Å². The van der Waals surface area contributed by atoms with Crippen LogP contribution in [0.25, 0.3) is 0 Å². The second-order valence-electron chi connectivity index (χ2n) is 5.63. The summed E-state index contributed by atoms with van der Waals surface area (Å²) in [5.41, 5.74) is 11.7. The molecule has 2 aromatic rings. The third-order valence-corrected chi connectivity index (χ3v) is 3.74. The highest BCUT2D eigenvalue weighted by Crippen LogP contribution is 2.19. The zero-order valence-corrected chi connectivity index (χ0v) is 12.6. The van der Waals surface area contributed by atoms with Crippen molar-refractivity contribution < 1.29 is 0 Å². The van der Waals surface area contributed by atoms with E-state index in [4.69, 9.17) is 5.73 Å². The molecule has 2 rings (SSSR count). The van der Waals surface area contributed by atoms with Gasteiger partial charge in [-0.25, -0.2) is 0 Å². The van der Waals surface area contributed by atoms with E-state index in [-0.39, 0.29) is 6.04 Å². The minimum atomic E-state index is 0.132. The molecule has 2 N–H and O–H groups in total. The summed E-state index contributed by atoms with van der Waals surface area (Å²) in [6, 6.07) is 17.6. The maximum atomic E-state index is 6.35. The Bertz CT molecular complexity index is 545. The highest BCUT2D eigenvalue weighted by atomic mass is 14.6. The zero-order chi connectivity index (χ0) is 14.4. The monoisotopic (exact) mass is 267 g/mol. The Morgan fingerprint density at radius 2 is 1.65 bits per heavy atom. The molecule has 0 spiro atoms. The fourth-order valence-electron chi connectivity index (χ4n) is 2.62. The second-order valence-corrected chi connectivity index (χ2v) is 5.63. The quantitative estimate of drug-likeness (QED) is 0.814. The first-order chi connectivity index (χ1) is 9.69. The van der Waals surface area contributed by atoms with Gasteiger partial charge >= 0.3 is 0 Å². The van der Waals surface area contributed by atoms with E-state index < -0.39 is 0 Å². The average Bonchev–Trinajstić information content (AvgIpc) is 2.45. The van der Waals surface area contributed by atoms with Gasteiger partial charge in [-0.2, -0.15) is 0 Å². The van der Waals surface area contributed by atoms with Crippen LogP contribution in [0.15, 0.2) is 48.5 Å². The molecule has 0 bridgehead atoms. The van der Waals surface area contributed by atoms with Gasteiger partial charge in [0.25, 0.3) is 0 Å². The van der Waals surface area contributed by atoms with Crippen molar-refractivity contribution >= 4 is 0 Å². The lowest BCUT2D eigenvalue weighted by Crippen LogP contribution is -2.11. The smallest absolute Gasteiger partial charge is 0.0298 e. The van der Waals surface area contributed by atoms with Crippen molar-refractivity contribution in [3.63, 3.8) is 0 Å². The minimum Gasteiger partial charge on any atom is -0.324 e. The van der Waals surface area contributed by atoms with Crippen LogP contribution in [0.3, 0.4) is 0 Å². The Balaban J connectivity index is 1.97. The predicted molar refractivity (Wildman–Crippen MR) is 86.9 cm³/mol. The maximum absolute atomic E-state index is 6.35. The maximum Gasteiger partial charge on any atom is 0.0298 e. The number of aryl methyl sites for hydroxylation is 3. The molecule has 1 unspecified atom stereocenters. The number of benzene rings is 2. The molecular weight excluding hydrogens is 242 g/mol. The summed E-state index contributed by atoms with van der Waals surface area (Å²) in [5.74, 6) is 0. The van der Waals surface area contributed by atoms with Gasteiger partial charge in [0.2, 0.25) is 0 Å². The van der Waals surface area contributed by atoms with Gasteiger partial charge in [-0.3, -0.25) is 0 Å². The Morgan fingerprint density at radius 1 is 0.950 bits per heavy atom. The van der Waals surface area contributed by atoms with Crippen molar-refractivity contribution in [1.29, 1.82) is 0 Å². The lowest BCUT2D eigenvalue weighted by atomic mass is 9.97. The summed E-state index contributed by atoms with van der Waals surface area (Å²) in [7, 11) is 0. The molecule has 0 aliphatic heterocycles. The summed E-state index contributed by atoms with van der Waals surface area (Å²) in [6.45, 7) is 4.35. The molecule has 20 heavy (non-hydrogen) atoms. The van der Waals surface area contributed by atoms with E-state index in [1.807, 2.05) is 0 Å². The lowest BCUT2D eigenvalue weighted by Gasteiger charge is -2.13. The van der Waals surface area contributed by atoms with Crippen molar-refractivity contribution in [3.05, 3.63) is 70.8 Å². The van der Waals surface area contributed by atoms with Gasteiger partial charge < -0.3 is 5.73 Å². The Hall–Kier alpha value is -1.60. The van der Waals surface area contributed by atoms with E-state index in [1.54, 1.807) is 0 Å². The molecule has 0 heterocycles. The van der Waals surface area contributed by atoms with Crippen molar-refractivity contribution in [2.45, 2.75) is 45.6 Å². The van der Waals surface area contributed by atoms with Gasteiger partial charge in [0.1, 0.15) is 0 Å². The van der Waals surface area contributed by atoms with Crippen molar-refractivity contribution in [1.82, 2.24) is 0 Å². The van der Waals surface area contributed by atoms with Crippen molar-refractivity contribution in [3.8, 4) is 0 Å². The zero-order valence-electron chi connectivity index (χ0n) is 12.6. The lowest BCUT2D eigenvalue weighted by molar-refractivity contribution is 0.650. The Labute approximate surface area is 122 Å². The molecule has 1 heteroatoms. The summed E-state index contributed by atoms with van der Waals surface area (Å²) in [4.78, 5) is 0. The normalized spacial score (nSPS) is 12.3. The third kappa shape index (κ3) is 4.21. The van der Waals surface area contributed by atoms with E-state index in [9.17, 15) is 0 Å². The summed E-state index contributed by atoms with van der Waals surface area (Å²) in [6.07, 6.45) is 4.36. The van der Waals surface area contributed by atoms with Crippen LogP contribution in [0.2, 0.25) is 0 Å². The summed E-state index contributed by atoms with van der Waals surface area (Å²) in [5, 5.41) is 0. The van der Waals surface area contributed by atoms with Crippen molar-refractivity contribution in [2.75, 3.05) is 0 Å². The van der Waals surface area contributed by atoms with Crippen LogP contribution in [-0.2, 0) is 12.8 Å². The average molecular weight is 267 g/mol. The summed E-state index contributed by atoms with van der Waals surface area (Å²) >= 11 is 0. The molecule has 0 saturated carbocycles. The molecule has 0 aromatic heterocycles. The molecule has 1 atom stereocenters. The number of nitrogens with two attached hydrogens (primary N) is 1. The number of hydrogen-bond donors (Lipinski definition) is 1. The van der Waals surface area contributed by atoms with E-state index in [0.29, 0.717) is 0 Å². The summed E-state index contributed by atoms with van der Waals surface area (Å²) < 4.78 is 0. The van der Waals surface area contributed by atoms with Crippen LogP contribution >= 0.6 is 0 Å². The molecule has 0 saturated heterocycles. The topological polar surface area (TPSA) is 26.0 Å². The first-order valence-corrected chi connectivity index (χ1v) is 7.59. The largest absolute Gasteiger partial charge is 0.324 e. The van der Waals surface area contributed by atoms with E-state index in [1.165, 1.54) is 28.7 Å². The van der Waals surface area contributed by atoms with Crippen molar-refractivity contribution in [2.24, 2.45) is 5.73 Å². The number of rotatable bonds is 6. The van der Waals surface area contributed by atoms with Gasteiger partial charge in [0.15, 0.2) is 0 Å². The van der Waals surface area contributed by atoms with Crippen LogP contribution in [-0.4, -0.2) is 0 Å².